The zero-order valence-electron chi connectivity index (χ0n) is 26.7. The fourth-order valence-corrected chi connectivity index (χ4v) is 4.69. The van der Waals surface area contributed by atoms with E-state index in [1.165, 1.54) is 0 Å². The van der Waals surface area contributed by atoms with Crippen LogP contribution in [0.2, 0.25) is 0 Å². The topological polar surface area (TPSA) is 93.0 Å². The van der Waals surface area contributed by atoms with Crippen molar-refractivity contribution in [3.8, 4) is 5.75 Å². The smallest absolute Gasteiger partial charge is 0.337 e. The third-order valence-corrected chi connectivity index (χ3v) is 6.91. The number of allylic oxidation sites excluding steroid dienone is 1. The summed E-state index contributed by atoms with van der Waals surface area (Å²) in [5, 5.41) is 10.3. The molecule has 0 saturated carbocycles. The zero-order chi connectivity index (χ0) is 30.8. The molecule has 1 N–H and O–H groups in total. The SMILES string of the molecule is C/C=N\C(=C/C(C)/N=C(C)\C(=C(/C)N1CCC(C)(C)CC1)[C@H](OC(C)(C)C)C(=O)O)OC[C@H](C)Oc1ccccc1. The molecule has 1 saturated heterocycles. The highest BCUT2D eigenvalue weighted by atomic mass is 16.5. The van der Waals surface area contributed by atoms with Gasteiger partial charge in [-0.3, -0.25) is 4.99 Å². The molecule has 41 heavy (non-hydrogen) atoms. The fourth-order valence-electron chi connectivity index (χ4n) is 4.69. The first-order valence-corrected chi connectivity index (χ1v) is 14.6. The summed E-state index contributed by atoms with van der Waals surface area (Å²) >= 11 is 0. The second-order valence-corrected chi connectivity index (χ2v) is 12.5. The molecule has 1 aromatic carbocycles. The van der Waals surface area contributed by atoms with E-state index in [9.17, 15) is 9.90 Å². The van der Waals surface area contributed by atoms with Gasteiger partial charge < -0.3 is 24.2 Å². The Bertz CT molecular complexity index is 1110. The molecule has 0 bridgehead atoms. The average Bonchev–Trinajstić information content (AvgIpc) is 2.86. The van der Waals surface area contributed by atoms with Gasteiger partial charge in [-0.15, -0.1) is 0 Å². The van der Waals surface area contributed by atoms with Gasteiger partial charge >= 0.3 is 5.97 Å². The largest absolute Gasteiger partial charge is 0.487 e. The number of piperidine rings is 1. The van der Waals surface area contributed by atoms with Gasteiger partial charge in [-0.1, -0.05) is 32.0 Å². The summed E-state index contributed by atoms with van der Waals surface area (Å²) in [6.07, 6.45) is 4.23. The van der Waals surface area contributed by atoms with Gasteiger partial charge in [-0.25, -0.2) is 9.79 Å². The molecule has 2 rings (SSSR count). The standard InChI is InChI=1S/C33H51N3O5/c1-11-34-28(39-22-24(3)40-27-15-13-12-14-16-27)21-23(2)35-25(4)29(30(31(37)38)41-32(6,7)8)26(5)36-19-17-33(9,10)18-20-36/h11-16,21,23-24,30H,17-20,22H2,1-10H3,(H,37,38)/b28-21+,29-26-,34-11-,35-25-/t23?,24-,30-/m0/s1. The van der Waals surface area contributed by atoms with Gasteiger partial charge in [0.25, 0.3) is 0 Å². The number of hydrogen-bond donors (Lipinski definition) is 1. The molecule has 8 heteroatoms. The molecule has 8 nitrogen and oxygen atoms in total. The van der Waals surface area contributed by atoms with Crippen molar-refractivity contribution >= 4 is 17.9 Å². The number of benzene rings is 1. The lowest BCUT2D eigenvalue weighted by atomic mass is 9.82. The third-order valence-electron chi connectivity index (χ3n) is 6.91. The minimum absolute atomic E-state index is 0.189. The molecular weight excluding hydrogens is 518 g/mol. The van der Waals surface area contributed by atoms with Crippen molar-refractivity contribution in [2.24, 2.45) is 15.4 Å². The van der Waals surface area contributed by atoms with Crippen molar-refractivity contribution in [2.45, 2.75) is 106 Å². The van der Waals surface area contributed by atoms with Crippen LogP contribution in [0.5, 0.6) is 5.75 Å². The number of hydrogen-bond acceptors (Lipinski definition) is 7. The van der Waals surface area contributed by atoms with Gasteiger partial charge in [-0.2, -0.15) is 0 Å². The fraction of sp³-hybridized carbons (Fsp3) is 0.606. The second kappa shape index (κ2) is 15.2. The maximum Gasteiger partial charge on any atom is 0.337 e. The monoisotopic (exact) mass is 569 g/mol. The summed E-state index contributed by atoms with van der Waals surface area (Å²) in [7, 11) is 0. The van der Waals surface area contributed by atoms with Crippen LogP contribution in [-0.2, 0) is 14.3 Å². The highest BCUT2D eigenvalue weighted by Gasteiger charge is 2.34. The van der Waals surface area contributed by atoms with Crippen LogP contribution in [0.3, 0.4) is 0 Å². The lowest BCUT2D eigenvalue weighted by Crippen LogP contribution is -2.41. The van der Waals surface area contributed by atoms with E-state index in [-0.39, 0.29) is 17.6 Å². The highest BCUT2D eigenvalue weighted by molar-refractivity contribution is 6.04. The lowest BCUT2D eigenvalue weighted by molar-refractivity contribution is -0.155. The number of ether oxygens (including phenoxy) is 3. The van der Waals surface area contributed by atoms with E-state index in [2.05, 4.69) is 23.7 Å². The molecule has 1 aliphatic heterocycles. The van der Waals surface area contributed by atoms with Gasteiger partial charge in [0, 0.05) is 42.4 Å². The van der Waals surface area contributed by atoms with Crippen LogP contribution < -0.4 is 4.74 Å². The van der Waals surface area contributed by atoms with E-state index in [0.717, 1.165) is 37.4 Å². The molecule has 1 aliphatic rings. The van der Waals surface area contributed by atoms with Crippen LogP contribution in [0.4, 0.5) is 0 Å². The Hall–Kier alpha value is -3.13. The molecule has 0 aliphatic carbocycles. The van der Waals surface area contributed by atoms with E-state index in [1.807, 2.05) is 91.8 Å². The van der Waals surface area contributed by atoms with Crippen molar-refractivity contribution in [3.63, 3.8) is 0 Å². The molecule has 1 aromatic rings. The van der Waals surface area contributed by atoms with Gasteiger partial charge in [0.2, 0.25) is 5.88 Å². The van der Waals surface area contributed by atoms with Crippen LogP contribution in [-0.4, -0.2) is 71.4 Å². The van der Waals surface area contributed by atoms with Crippen molar-refractivity contribution in [3.05, 3.63) is 53.6 Å². The summed E-state index contributed by atoms with van der Waals surface area (Å²) in [5.41, 5.74) is 1.73. The Morgan fingerprint density at radius 2 is 1.73 bits per heavy atom. The number of para-hydroxylation sites is 1. The van der Waals surface area contributed by atoms with Gasteiger partial charge in [0.05, 0.1) is 11.6 Å². The average molecular weight is 570 g/mol. The van der Waals surface area contributed by atoms with Crippen molar-refractivity contribution in [1.82, 2.24) is 4.90 Å². The molecule has 1 heterocycles. The minimum atomic E-state index is -1.15. The Labute approximate surface area is 247 Å². The van der Waals surface area contributed by atoms with E-state index in [4.69, 9.17) is 19.2 Å². The Balaban J connectivity index is 2.34. The molecule has 228 valence electrons. The first-order valence-electron chi connectivity index (χ1n) is 14.6. The van der Waals surface area contributed by atoms with Crippen LogP contribution in [0.15, 0.2) is 63.5 Å². The summed E-state index contributed by atoms with van der Waals surface area (Å²) in [6, 6.07) is 9.28. The summed E-state index contributed by atoms with van der Waals surface area (Å²) < 4.78 is 18.0. The number of aliphatic imine (C=N–C) groups is 2. The molecule has 0 aromatic heterocycles. The maximum atomic E-state index is 12.5. The van der Waals surface area contributed by atoms with Crippen molar-refractivity contribution < 1.29 is 24.1 Å². The molecular formula is C33H51N3O5. The zero-order valence-corrected chi connectivity index (χ0v) is 26.7. The number of rotatable bonds is 13. The predicted molar refractivity (Wildman–Crippen MR) is 167 cm³/mol. The number of aliphatic carboxylic acids is 1. The molecule has 1 unspecified atom stereocenters. The predicted octanol–water partition coefficient (Wildman–Crippen LogP) is 6.92. The quantitative estimate of drug-likeness (QED) is 0.205. The Morgan fingerprint density at radius 1 is 1.12 bits per heavy atom. The number of nitrogens with zero attached hydrogens (tertiary/aromatic N) is 3. The third kappa shape index (κ3) is 11.7. The van der Waals surface area contributed by atoms with Crippen molar-refractivity contribution in [2.75, 3.05) is 19.7 Å². The minimum Gasteiger partial charge on any atom is -0.487 e. The van der Waals surface area contributed by atoms with Gasteiger partial charge in [0.15, 0.2) is 6.10 Å². The molecule has 0 amide bonds. The number of carboxylic acids is 1. The highest BCUT2D eigenvalue weighted by Crippen LogP contribution is 2.33. The summed E-state index contributed by atoms with van der Waals surface area (Å²) in [5.74, 6) is 0.178. The molecule has 0 spiro atoms. The van der Waals surface area contributed by atoms with Crippen LogP contribution in [0.1, 0.15) is 82.1 Å². The van der Waals surface area contributed by atoms with Crippen LogP contribution >= 0.6 is 0 Å². The van der Waals surface area contributed by atoms with E-state index in [1.54, 1.807) is 6.21 Å². The number of likely N-dealkylation sites (tertiary alicyclic amines) is 1. The molecule has 3 atom stereocenters. The van der Waals surface area contributed by atoms with E-state index in [0.29, 0.717) is 23.8 Å². The van der Waals surface area contributed by atoms with Crippen molar-refractivity contribution in [1.29, 1.82) is 0 Å². The summed E-state index contributed by atoms with van der Waals surface area (Å²) in [4.78, 5) is 24.1. The van der Waals surface area contributed by atoms with E-state index >= 15 is 0 Å². The van der Waals surface area contributed by atoms with Crippen LogP contribution in [0, 0.1) is 5.41 Å². The number of carbonyl (C=O) groups is 1. The molecule has 0 radical (unpaired) electrons. The number of carboxylic acid groups (broad SMARTS) is 1. The Morgan fingerprint density at radius 3 is 2.27 bits per heavy atom. The molecule has 1 fully saturated rings. The van der Waals surface area contributed by atoms with Crippen LogP contribution in [0.25, 0.3) is 0 Å². The summed E-state index contributed by atoms with van der Waals surface area (Å²) in [6.45, 7) is 21.7. The normalized spacial score (nSPS) is 19.4. The van der Waals surface area contributed by atoms with Gasteiger partial charge in [-0.05, 0) is 85.8 Å². The second-order valence-electron chi connectivity index (χ2n) is 12.5. The van der Waals surface area contributed by atoms with E-state index < -0.39 is 17.7 Å². The maximum absolute atomic E-state index is 12.5. The first-order chi connectivity index (χ1) is 19.1. The first kappa shape index (κ1) is 34.1. The van der Waals surface area contributed by atoms with Gasteiger partial charge in [0.1, 0.15) is 18.5 Å². The lowest BCUT2D eigenvalue weighted by Gasteiger charge is -2.40. The Kier molecular flexibility index (Phi) is 12.6.